The third kappa shape index (κ3) is 3.39. The van der Waals surface area contributed by atoms with Crippen molar-refractivity contribution in [3.63, 3.8) is 0 Å². The fourth-order valence-electron chi connectivity index (χ4n) is 1.88. The average molecular weight is 278 g/mol. The summed E-state index contributed by atoms with van der Waals surface area (Å²) in [5, 5.41) is 4.17. The Bertz CT molecular complexity index is 551. The van der Waals surface area contributed by atoms with Crippen LogP contribution in [0.15, 0.2) is 24.4 Å². The van der Waals surface area contributed by atoms with Gasteiger partial charge in [-0.3, -0.25) is 0 Å². The molecule has 102 valence electrons. The van der Waals surface area contributed by atoms with Crippen LogP contribution < -0.4 is 5.32 Å². The molecule has 2 rings (SSSR count). The number of nitrogens with zero attached hydrogens (tertiary/aromatic N) is 1. The lowest BCUT2D eigenvalue weighted by Crippen LogP contribution is -2.18. The topological polar surface area (TPSA) is 24.9 Å². The molecule has 19 heavy (non-hydrogen) atoms. The van der Waals surface area contributed by atoms with Gasteiger partial charge in [0.05, 0.1) is 0 Å². The van der Waals surface area contributed by atoms with E-state index in [1.165, 1.54) is 6.07 Å². The predicted molar refractivity (Wildman–Crippen MR) is 79.0 cm³/mol. The van der Waals surface area contributed by atoms with E-state index in [2.05, 4.69) is 24.1 Å². The third-order valence-electron chi connectivity index (χ3n) is 3.00. The van der Waals surface area contributed by atoms with E-state index in [0.29, 0.717) is 5.56 Å². The summed E-state index contributed by atoms with van der Waals surface area (Å²) in [5.74, 6) is -0.208. The average Bonchev–Trinajstić information content (AvgIpc) is 2.88. The van der Waals surface area contributed by atoms with Crippen molar-refractivity contribution in [2.45, 2.75) is 33.2 Å². The number of hydrogen-bond donors (Lipinski definition) is 1. The molecule has 1 aromatic heterocycles. The zero-order chi connectivity index (χ0) is 13.8. The van der Waals surface area contributed by atoms with Gasteiger partial charge < -0.3 is 5.32 Å². The first-order valence-corrected chi connectivity index (χ1v) is 7.39. The second-order valence-corrected chi connectivity index (χ2v) is 5.79. The monoisotopic (exact) mass is 278 g/mol. The van der Waals surface area contributed by atoms with E-state index in [4.69, 9.17) is 0 Å². The molecule has 4 heteroatoms. The number of benzene rings is 1. The molecule has 0 aliphatic heterocycles. The highest BCUT2D eigenvalue weighted by Gasteiger charge is 2.13. The standard InChI is InChI=1S/C15H19FN2S/c1-4-7-17-11(3)14-9-18-15(19-14)12-8-10(2)5-6-13(12)16/h5-6,8-9,11,17H,4,7H2,1-3H3. The minimum atomic E-state index is -0.208. The highest BCUT2D eigenvalue weighted by atomic mass is 32.1. The van der Waals surface area contributed by atoms with Gasteiger partial charge in [-0.15, -0.1) is 11.3 Å². The van der Waals surface area contributed by atoms with Crippen LogP contribution in [0.3, 0.4) is 0 Å². The Balaban J connectivity index is 2.23. The number of hydrogen-bond acceptors (Lipinski definition) is 3. The minimum absolute atomic E-state index is 0.208. The summed E-state index contributed by atoms with van der Waals surface area (Å²) >= 11 is 1.55. The third-order valence-corrected chi connectivity index (χ3v) is 4.22. The van der Waals surface area contributed by atoms with E-state index in [1.54, 1.807) is 17.4 Å². The predicted octanol–water partition coefficient (Wildman–Crippen LogP) is 4.32. The number of thiazole rings is 1. The molecule has 0 fully saturated rings. The first-order chi connectivity index (χ1) is 9.11. The van der Waals surface area contributed by atoms with Crippen LogP contribution in [0.25, 0.3) is 10.6 Å². The van der Waals surface area contributed by atoms with Crippen molar-refractivity contribution < 1.29 is 4.39 Å². The van der Waals surface area contributed by atoms with Gasteiger partial charge in [0.2, 0.25) is 0 Å². The highest BCUT2D eigenvalue weighted by molar-refractivity contribution is 7.15. The smallest absolute Gasteiger partial charge is 0.133 e. The Morgan fingerprint density at radius 1 is 1.42 bits per heavy atom. The molecule has 0 aliphatic rings. The van der Waals surface area contributed by atoms with E-state index >= 15 is 0 Å². The van der Waals surface area contributed by atoms with Gasteiger partial charge in [-0.25, -0.2) is 9.37 Å². The van der Waals surface area contributed by atoms with Gasteiger partial charge >= 0.3 is 0 Å². The van der Waals surface area contributed by atoms with Crippen molar-refractivity contribution in [1.29, 1.82) is 0 Å². The second kappa shape index (κ2) is 6.26. The molecule has 0 saturated carbocycles. The summed E-state index contributed by atoms with van der Waals surface area (Å²) in [6.45, 7) is 7.19. The number of aromatic nitrogens is 1. The van der Waals surface area contributed by atoms with Crippen molar-refractivity contribution in [1.82, 2.24) is 10.3 Å². The highest BCUT2D eigenvalue weighted by Crippen LogP contribution is 2.30. The van der Waals surface area contributed by atoms with Crippen molar-refractivity contribution in [3.05, 3.63) is 40.7 Å². The van der Waals surface area contributed by atoms with Gasteiger partial charge in [-0.2, -0.15) is 0 Å². The van der Waals surface area contributed by atoms with Crippen molar-refractivity contribution in [2.75, 3.05) is 6.54 Å². The summed E-state index contributed by atoms with van der Waals surface area (Å²) in [6.07, 6.45) is 2.94. The fourth-order valence-corrected chi connectivity index (χ4v) is 2.84. The SMILES string of the molecule is CCCNC(C)c1cnc(-c2cc(C)ccc2F)s1. The van der Waals surface area contributed by atoms with E-state index < -0.39 is 0 Å². The number of aryl methyl sites for hydroxylation is 1. The Morgan fingerprint density at radius 2 is 2.21 bits per heavy atom. The van der Waals surface area contributed by atoms with Crippen LogP contribution in [0.4, 0.5) is 4.39 Å². The molecule has 0 bridgehead atoms. The molecule has 2 nitrogen and oxygen atoms in total. The maximum absolute atomic E-state index is 13.8. The maximum Gasteiger partial charge on any atom is 0.133 e. The quantitative estimate of drug-likeness (QED) is 0.881. The lowest BCUT2D eigenvalue weighted by molar-refractivity contribution is 0.577. The molecule has 0 spiro atoms. The van der Waals surface area contributed by atoms with Gasteiger partial charge in [-0.1, -0.05) is 18.6 Å². The van der Waals surface area contributed by atoms with E-state index in [1.807, 2.05) is 19.2 Å². The van der Waals surface area contributed by atoms with E-state index in [9.17, 15) is 4.39 Å². The zero-order valence-corrected chi connectivity index (χ0v) is 12.4. The molecule has 2 aromatic rings. The summed E-state index contributed by atoms with van der Waals surface area (Å²) in [5.41, 5.74) is 1.64. The number of nitrogens with one attached hydrogen (secondary N) is 1. The molecule has 1 atom stereocenters. The Hall–Kier alpha value is -1.26. The number of halogens is 1. The van der Waals surface area contributed by atoms with Crippen molar-refractivity contribution in [3.8, 4) is 10.6 Å². The van der Waals surface area contributed by atoms with Crippen LogP contribution in [0, 0.1) is 12.7 Å². The molecule has 1 heterocycles. The molecule has 0 aliphatic carbocycles. The second-order valence-electron chi connectivity index (χ2n) is 4.73. The summed E-state index contributed by atoms with van der Waals surface area (Å²) in [7, 11) is 0. The van der Waals surface area contributed by atoms with Crippen LogP contribution >= 0.6 is 11.3 Å². The molecule has 1 N–H and O–H groups in total. The van der Waals surface area contributed by atoms with E-state index in [-0.39, 0.29) is 11.9 Å². The fraction of sp³-hybridized carbons (Fsp3) is 0.400. The molecular formula is C15H19FN2S. The van der Waals surface area contributed by atoms with Gasteiger partial charge in [0.1, 0.15) is 10.8 Å². The Morgan fingerprint density at radius 3 is 2.95 bits per heavy atom. The van der Waals surface area contributed by atoms with Crippen LogP contribution in [0.1, 0.15) is 36.8 Å². The zero-order valence-electron chi connectivity index (χ0n) is 11.5. The maximum atomic E-state index is 13.8. The Kier molecular flexibility index (Phi) is 4.66. The normalized spacial score (nSPS) is 12.6. The summed E-state index contributed by atoms with van der Waals surface area (Å²) < 4.78 is 13.8. The molecule has 0 amide bonds. The van der Waals surface area contributed by atoms with Crippen LogP contribution in [-0.4, -0.2) is 11.5 Å². The van der Waals surface area contributed by atoms with Crippen molar-refractivity contribution in [2.24, 2.45) is 0 Å². The Labute approximate surface area is 117 Å². The van der Waals surface area contributed by atoms with Gasteiger partial charge in [0, 0.05) is 22.7 Å². The first-order valence-electron chi connectivity index (χ1n) is 6.57. The van der Waals surface area contributed by atoms with Crippen LogP contribution in [0.2, 0.25) is 0 Å². The lowest BCUT2D eigenvalue weighted by Gasteiger charge is -2.09. The van der Waals surface area contributed by atoms with Gasteiger partial charge in [0.25, 0.3) is 0 Å². The molecule has 1 aromatic carbocycles. The largest absolute Gasteiger partial charge is 0.309 e. The van der Waals surface area contributed by atoms with Gasteiger partial charge in [-0.05, 0) is 38.9 Å². The molecule has 1 unspecified atom stereocenters. The summed E-state index contributed by atoms with van der Waals surface area (Å²) in [4.78, 5) is 5.50. The minimum Gasteiger partial charge on any atom is -0.309 e. The number of rotatable bonds is 5. The van der Waals surface area contributed by atoms with E-state index in [0.717, 1.165) is 28.4 Å². The summed E-state index contributed by atoms with van der Waals surface area (Å²) in [6, 6.07) is 5.39. The lowest BCUT2D eigenvalue weighted by atomic mass is 10.1. The first kappa shape index (κ1) is 14.2. The molecule has 0 saturated heterocycles. The van der Waals surface area contributed by atoms with Gasteiger partial charge in [0.15, 0.2) is 0 Å². The van der Waals surface area contributed by atoms with Crippen LogP contribution in [0.5, 0.6) is 0 Å². The van der Waals surface area contributed by atoms with Crippen molar-refractivity contribution >= 4 is 11.3 Å². The molecule has 0 radical (unpaired) electrons. The van der Waals surface area contributed by atoms with Crippen LogP contribution in [-0.2, 0) is 0 Å². The molecular weight excluding hydrogens is 259 g/mol.